The molecule has 1 aromatic heterocycles. The highest BCUT2D eigenvalue weighted by Gasteiger charge is 2.23. The number of hydrogen-bond donors (Lipinski definition) is 2. The van der Waals surface area contributed by atoms with Gasteiger partial charge in [-0.05, 0) is 30.3 Å². The Morgan fingerprint density at radius 3 is 2.64 bits per heavy atom. The lowest BCUT2D eigenvalue weighted by Crippen LogP contribution is -2.37. The van der Waals surface area contributed by atoms with Gasteiger partial charge in [-0.3, -0.25) is 10.1 Å². The zero-order valence-corrected chi connectivity index (χ0v) is 18.0. The van der Waals surface area contributed by atoms with E-state index in [1.165, 1.54) is 11.3 Å². The van der Waals surface area contributed by atoms with E-state index in [4.69, 9.17) is 18.9 Å². The molecular weight excluding hydrogens is 448 g/mol. The van der Waals surface area contributed by atoms with E-state index in [2.05, 4.69) is 10.6 Å². The summed E-state index contributed by atoms with van der Waals surface area (Å²) >= 11 is 1.28. The number of urea groups is 1. The average molecular weight is 466 g/mol. The van der Waals surface area contributed by atoms with Gasteiger partial charge in [0.15, 0.2) is 18.1 Å². The van der Waals surface area contributed by atoms with E-state index in [-0.39, 0.29) is 0 Å². The Bertz CT molecular complexity index is 1250. The van der Waals surface area contributed by atoms with Crippen molar-refractivity contribution in [2.24, 2.45) is 0 Å². The smallest absolute Gasteiger partial charge is 0.348 e. The first-order valence-electron chi connectivity index (χ1n) is 10.1. The summed E-state index contributed by atoms with van der Waals surface area (Å²) in [6, 6.07) is 13.4. The van der Waals surface area contributed by atoms with Crippen LogP contribution in [-0.2, 0) is 16.1 Å². The molecule has 2 aliphatic rings. The lowest BCUT2D eigenvalue weighted by atomic mass is 10.1. The van der Waals surface area contributed by atoms with E-state index in [1.54, 1.807) is 24.3 Å². The molecule has 3 aromatic rings. The van der Waals surface area contributed by atoms with E-state index in [0.717, 1.165) is 21.8 Å². The number of rotatable bonds is 4. The highest BCUT2D eigenvalue weighted by molar-refractivity contribution is 7.17. The fourth-order valence-electron chi connectivity index (χ4n) is 3.45. The van der Waals surface area contributed by atoms with Crippen molar-refractivity contribution in [3.05, 3.63) is 59.0 Å². The maximum absolute atomic E-state index is 12.4. The first-order valence-corrected chi connectivity index (χ1v) is 10.9. The van der Waals surface area contributed by atoms with Gasteiger partial charge < -0.3 is 24.3 Å². The van der Waals surface area contributed by atoms with Gasteiger partial charge in [0.1, 0.15) is 30.4 Å². The van der Waals surface area contributed by atoms with Crippen LogP contribution in [0.15, 0.2) is 48.5 Å². The minimum atomic E-state index is -0.756. The average Bonchev–Trinajstić information content (AvgIpc) is 3.27. The number of benzene rings is 2. The maximum Gasteiger partial charge on any atom is 0.348 e. The summed E-state index contributed by atoms with van der Waals surface area (Å²) in [5.74, 6) is 0.448. The van der Waals surface area contributed by atoms with Gasteiger partial charge in [-0.1, -0.05) is 12.1 Å². The van der Waals surface area contributed by atoms with Gasteiger partial charge in [0.25, 0.3) is 5.91 Å². The largest absolute Gasteiger partial charge is 0.488 e. The first kappa shape index (κ1) is 20.8. The number of esters is 1. The summed E-state index contributed by atoms with van der Waals surface area (Å²) in [4.78, 5) is 37.9. The Kier molecular flexibility index (Phi) is 5.57. The number of hydrogen-bond acceptors (Lipinski definition) is 8. The van der Waals surface area contributed by atoms with Gasteiger partial charge in [0.2, 0.25) is 0 Å². The molecule has 10 heteroatoms. The van der Waals surface area contributed by atoms with E-state index < -0.39 is 24.5 Å². The highest BCUT2D eigenvalue weighted by atomic mass is 32.1. The van der Waals surface area contributed by atoms with Crippen LogP contribution in [0.3, 0.4) is 0 Å². The molecule has 5 rings (SSSR count). The molecule has 0 radical (unpaired) electrons. The molecule has 168 valence electrons. The Labute approximate surface area is 192 Å². The molecule has 33 heavy (non-hydrogen) atoms. The molecule has 2 aliphatic heterocycles. The van der Waals surface area contributed by atoms with Gasteiger partial charge in [-0.25, -0.2) is 9.59 Å². The van der Waals surface area contributed by atoms with Gasteiger partial charge in [0, 0.05) is 27.8 Å². The number of carbonyl (C=O) groups excluding carboxylic acids is 3. The minimum absolute atomic E-state index is 0.355. The monoisotopic (exact) mass is 466 g/mol. The fourth-order valence-corrected chi connectivity index (χ4v) is 4.54. The number of amides is 3. The number of para-hydroxylation sites is 1. The number of imide groups is 1. The molecular formula is C23H18N2O7S. The van der Waals surface area contributed by atoms with Crippen LogP contribution in [0.2, 0.25) is 0 Å². The van der Waals surface area contributed by atoms with Crippen LogP contribution < -0.4 is 24.8 Å². The number of thiophene rings is 1. The van der Waals surface area contributed by atoms with Crippen molar-refractivity contribution in [3.8, 4) is 27.7 Å². The van der Waals surface area contributed by atoms with Crippen molar-refractivity contribution in [1.29, 1.82) is 0 Å². The summed E-state index contributed by atoms with van der Waals surface area (Å²) in [5.41, 5.74) is 2.22. The van der Waals surface area contributed by atoms with E-state index in [9.17, 15) is 14.4 Å². The SMILES string of the molecule is O=C(COC(=O)c1cc2c(s1)-c1ccccc1OC2)NC(=O)Nc1ccc2c(c1)OCCO2. The quantitative estimate of drug-likeness (QED) is 0.565. The van der Waals surface area contributed by atoms with Crippen LogP contribution >= 0.6 is 11.3 Å². The molecule has 2 aromatic carbocycles. The molecule has 0 unspecified atom stereocenters. The number of anilines is 1. The van der Waals surface area contributed by atoms with E-state index >= 15 is 0 Å². The molecule has 0 atom stereocenters. The number of carbonyl (C=O) groups is 3. The normalized spacial score (nSPS) is 13.1. The van der Waals surface area contributed by atoms with Gasteiger partial charge in [-0.15, -0.1) is 11.3 Å². The molecule has 2 N–H and O–H groups in total. The Morgan fingerprint density at radius 2 is 1.76 bits per heavy atom. The van der Waals surface area contributed by atoms with Crippen molar-refractivity contribution < 1.29 is 33.3 Å². The third-order valence-electron chi connectivity index (χ3n) is 4.91. The topological polar surface area (TPSA) is 112 Å². The Balaban J connectivity index is 1.15. The lowest BCUT2D eigenvalue weighted by molar-refractivity contribution is -0.123. The van der Waals surface area contributed by atoms with Crippen LogP contribution in [0.5, 0.6) is 17.2 Å². The second-order valence-electron chi connectivity index (χ2n) is 7.19. The first-order chi connectivity index (χ1) is 16.1. The molecule has 3 heterocycles. The molecule has 0 aliphatic carbocycles. The Morgan fingerprint density at radius 1 is 0.939 bits per heavy atom. The number of ether oxygens (including phenoxy) is 4. The predicted octanol–water partition coefficient (Wildman–Crippen LogP) is 3.58. The standard InChI is InChI=1S/C23H18N2O7S/c26-20(25-23(28)24-14-5-6-17-18(10-14)30-8-7-29-17)12-32-22(27)19-9-13-11-31-16-4-2-1-3-15(16)21(13)33-19/h1-6,9-10H,7-8,11-12H2,(H2,24,25,26,28). The van der Waals surface area contributed by atoms with Crippen LogP contribution in [0.4, 0.5) is 10.5 Å². The van der Waals surface area contributed by atoms with E-state index in [1.807, 2.05) is 24.3 Å². The van der Waals surface area contributed by atoms with Crippen molar-refractivity contribution >= 4 is 34.9 Å². The predicted molar refractivity (Wildman–Crippen MR) is 119 cm³/mol. The maximum atomic E-state index is 12.4. The zero-order valence-electron chi connectivity index (χ0n) is 17.2. The van der Waals surface area contributed by atoms with E-state index in [0.29, 0.717) is 41.9 Å². The number of nitrogens with one attached hydrogen (secondary N) is 2. The lowest BCUT2D eigenvalue weighted by Gasteiger charge is -2.19. The molecule has 0 spiro atoms. The Hall–Kier alpha value is -4.05. The van der Waals surface area contributed by atoms with Gasteiger partial charge in [-0.2, -0.15) is 0 Å². The molecule has 0 saturated carbocycles. The molecule has 9 nitrogen and oxygen atoms in total. The summed E-state index contributed by atoms with van der Waals surface area (Å²) in [6.45, 7) is 0.640. The minimum Gasteiger partial charge on any atom is -0.488 e. The van der Waals surface area contributed by atoms with Crippen LogP contribution in [0.1, 0.15) is 15.2 Å². The molecule has 3 amide bonds. The van der Waals surface area contributed by atoms with Crippen molar-refractivity contribution in [1.82, 2.24) is 5.32 Å². The van der Waals surface area contributed by atoms with Crippen molar-refractivity contribution in [2.45, 2.75) is 6.61 Å². The summed E-state index contributed by atoms with van der Waals surface area (Å²) in [5, 5.41) is 4.65. The van der Waals surface area contributed by atoms with Gasteiger partial charge in [0.05, 0.1) is 0 Å². The third kappa shape index (κ3) is 4.46. The highest BCUT2D eigenvalue weighted by Crippen LogP contribution is 2.42. The third-order valence-corrected chi connectivity index (χ3v) is 6.10. The molecule has 0 fully saturated rings. The molecule has 0 saturated heterocycles. The van der Waals surface area contributed by atoms with Crippen LogP contribution in [0, 0.1) is 0 Å². The second-order valence-corrected chi connectivity index (χ2v) is 8.24. The summed E-state index contributed by atoms with van der Waals surface area (Å²) in [7, 11) is 0. The summed E-state index contributed by atoms with van der Waals surface area (Å²) < 4.78 is 21.7. The number of fused-ring (bicyclic) bond motifs is 4. The zero-order chi connectivity index (χ0) is 22.8. The van der Waals surface area contributed by atoms with Crippen LogP contribution in [-0.4, -0.2) is 37.7 Å². The molecule has 0 bridgehead atoms. The van der Waals surface area contributed by atoms with Crippen molar-refractivity contribution in [3.63, 3.8) is 0 Å². The summed E-state index contributed by atoms with van der Waals surface area (Å²) in [6.07, 6.45) is 0. The fraction of sp³-hybridized carbons (Fsp3) is 0.174. The van der Waals surface area contributed by atoms with Crippen molar-refractivity contribution in [2.75, 3.05) is 25.1 Å². The second kappa shape index (κ2) is 8.83. The van der Waals surface area contributed by atoms with Crippen LogP contribution in [0.25, 0.3) is 10.4 Å². The van der Waals surface area contributed by atoms with Gasteiger partial charge >= 0.3 is 12.0 Å².